The number of nitrogens with one attached hydrogen (secondary N) is 1. The van der Waals surface area contributed by atoms with Crippen LogP contribution in [0.2, 0.25) is 0 Å². The number of amides is 1. The number of hydrogen-bond donors (Lipinski definition) is 1. The number of nitrogens with zero attached hydrogens (tertiary/aromatic N) is 1. The second kappa shape index (κ2) is 6.01. The van der Waals surface area contributed by atoms with Gasteiger partial charge in [-0.05, 0) is 73.6 Å². The molecule has 4 aliphatic rings. The van der Waals surface area contributed by atoms with E-state index in [1.54, 1.807) is 7.11 Å². The summed E-state index contributed by atoms with van der Waals surface area (Å²) < 4.78 is 5.27. The number of ether oxygens (including phenoxy) is 1. The van der Waals surface area contributed by atoms with Crippen LogP contribution in [0.5, 0.6) is 5.75 Å². The quantitative estimate of drug-likeness (QED) is 0.891. The average molecular weight is 340 g/mol. The van der Waals surface area contributed by atoms with Crippen molar-refractivity contribution in [1.29, 1.82) is 0 Å². The fraction of sp³-hybridized carbons (Fsp3) is 0.667. The van der Waals surface area contributed by atoms with Crippen molar-refractivity contribution in [1.82, 2.24) is 5.43 Å². The zero-order valence-electron chi connectivity index (χ0n) is 15.0. The molecule has 0 bridgehead atoms. The van der Waals surface area contributed by atoms with E-state index in [0.717, 1.165) is 35.6 Å². The zero-order chi connectivity index (χ0) is 17.0. The molecule has 0 aromatic heterocycles. The maximum Gasteiger partial charge on any atom is 0.244 e. The molecule has 1 heterocycles. The van der Waals surface area contributed by atoms with Crippen LogP contribution >= 0.6 is 0 Å². The highest BCUT2D eigenvalue weighted by Crippen LogP contribution is 2.57. The number of hydrazine groups is 1. The number of hydrogen-bond acceptors (Lipinski definition) is 3. The Morgan fingerprint density at radius 1 is 0.960 bits per heavy atom. The van der Waals surface area contributed by atoms with Gasteiger partial charge in [-0.25, -0.2) is 10.4 Å². The summed E-state index contributed by atoms with van der Waals surface area (Å²) in [7, 11) is 1.67. The van der Waals surface area contributed by atoms with Crippen LogP contribution in [0, 0.1) is 29.6 Å². The Morgan fingerprint density at radius 3 is 2.44 bits per heavy atom. The van der Waals surface area contributed by atoms with E-state index in [9.17, 15) is 4.79 Å². The Labute approximate surface area is 149 Å². The van der Waals surface area contributed by atoms with Crippen LogP contribution in [0.15, 0.2) is 24.3 Å². The third kappa shape index (κ3) is 2.33. The van der Waals surface area contributed by atoms with Gasteiger partial charge in [-0.3, -0.25) is 4.79 Å². The highest BCUT2D eigenvalue weighted by atomic mass is 16.5. The molecule has 5 rings (SSSR count). The Hall–Kier alpha value is -1.55. The molecular weight excluding hydrogens is 312 g/mol. The van der Waals surface area contributed by atoms with Crippen LogP contribution in [0.1, 0.15) is 44.9 Å². The van der Waals surface area contributed by atoms with Crippen LogP contribution in [-0.2, 0) is 4.79 Å². The maximum atomic E-state index is 13.3. The Balaban J connectivity index is 1.49. The van der Waals surface area contributed by atoms with E-state index in [4.69, 9.17) is 4.74 Å². The van der Waals surface area contributed by atoms with Crippen molar-refractivity contribution in [2.75, 3.05) is 12.1 Å². The van der Waals surface area contributed by atoms with Crippen LogP contribution < -0.4 is 15.2 Å². The molecule has 0 spiro atoms. The molecule has 3 saturated carbocycles. The summed E-state index contributed by atoms with van der Waals surface area (Å²) in [6.07, 6.45) is 9.11. The standard InChI is InChI=1S/C21H28N2O2/c1-25-14-11-9-13(10-12-14)23-21(24)18-8-4-7-16-15-5-2-3-6-17(15)20(22-23)19(16)18/h9-12,15-20,22H,2-8H2,1H3. The van der Waals surface area contributed by atoms with E-state index < -0.39 is 0 Å². The molecule has 4 heteroatoms. The van der Waals surface area contributed by atoms with Crippen molar-refractivity contribution in [3.63, 3.8) is 0 Å². The second-order valence-corrected chi connectivity index (χ2v) is 8.42. The first kappa shape index (κ1) is 15.7. The third-order valence-electron chi connectivity index (χ3n) is 7.46. The molecule has 6 atom stereocenters. The topological polar surface area (TPSA) is 41.6 Å². The number of methoxy groups -OCH3 is 1. The van der Waals surface area contributed by atoms with Gasteiger partial charge in [0.05, 0.1) is 12.8 Å². The minimum atomic E-state index is 0.220. The van der Waals surface area contributed by atoms with Gasteiger partial charge in [-0.1, -0.05) is 19.3 Å². The van der Waals surface area contributed by atoms with Crippen LogP contribution in [0.3, 0.4) is 0 Å². The summed E-state index contributed by atoms with van der Waals surface area (Å²) in [5.74, 6) is 4.30. The molecule has 1 N–H and O–H groups in total. The number of fused-ring (bicyclic) bond motifs is 3. The highest BCUT2D eigenvalue weighted by molar-refractivity contribution is 5.95. The first-order valence-electron chi connectivity index (χ1n) is 10.0. The summed E-state index contributed by atoms with van der Waals surface area (Å²) >= 11 is 0. The highest BCUT2D eigenvalue weighted by Gasteiger charge is 2.58. The van der Waals surface area contributed by atoms with Crippen molar-refractivity contribution in [3.05, 3.63) is 24.3 Å². The van der Waals surface area contributed by atoms with E-state index in [0.29, 0.717) is 12.0 Å². The Morgan fingerprint density at radius 2 is 1.68 bits per heavy atom. The normalized spacial score (nSPS) is 39.7. The lowest BCUT2D eigenvalue weighted by atomic mass is 9.68. The van der Waals surface area contributed by atoms with E-state index in [1.165, 1.54) is 38.5 Å². The van der Waals surface area contributed by atoms with Crippen LogP contribution in [-0.4, -0.2) is 19.1 Å². The predicted molar refractivity (Wildman–Crippen MR) is 97.2 cm³/mol. The van der Waals surface area contributed by atoms with Crippen molar-refractivity contribution >= 4 is 11.6 Å². The summed E-state index contributed by atoms with van der Waals surface area (Å²) in [4.78, 5) is 13.3. The van der Waals surface area contributed by atoms with Crippen LogP contribution in [0.25, 0.3) is 0 Å². The molecule has 4 fully saturated rings. The fourth-order valence-electron chi connectivity index (χ4n) is 6.51. The van der Waals surface area contributed by atoms with E-state index in [2.05, 4.69) is 5.43 Å². The van der Waals surface area contributed by atoms with E-state index >= 15 is 0 Å². The Bertz CT molecular complexity index is 658. The molecule has 6 unspecified atom stereocenters. The molecular formula is C21H28N2O2. The van der Waals surface area contributed by atoms with Crippen molar-refractivity contribution in [2.45, 2.75) is 51.0 Å². The average Bonchev–Trinajstić information content (AvgIpc) is 3.00. The molecule has 3 aliphatic carbocycles. The molecule has 1 aliphatic heterocycles. The van der Waals surface area contributed by atoms with Crippen molar-refractivity contribution in [2.24, 2.45) is 29.6 Å². The summed E-state index contributed by atoms with van der Waals surface area (Å²) in [5, 5.41) is 1.87. The third-order valence-corrected chi connectivity index (χ3v) is 7.46. The SMILES string of the molecule is COc1ccc(N2NC3C4CCCCC4C4CCCC(C2=O)C43)cc1. The van der Waals surface area contributed by atoms with Gasteiger partial charge in [0.25, 0.3) is 0 Å². The molecule has 0 radical (unpaired) electrons. The first-order chi connectivity index (χ1) is 12.3. The van der Waals surface area contributed by atoms with Gasteiger partial charge in [-0.2, -0.15) is 0 Å². The largest absolute Gasteiger partial charge is 0.497 e. The van der Waals surface area contributed by atoms with Gasteiger partial charge < -0.3 is 4.74 Å². The molecule has 25 heavy (non-hydrogen) atoms. The van der Waals surface area contributed by atoms with Gasteiger partial charge in [-0.15, -0.1) is 0 Å². The minimum Gasteiger partial charge on any atom is -0.497 e. The minimum absolute atomic E-state index is 0.220. The zero-order valence-corrected chi connectivity index (χ0v) is 15.0. The molecule has 1 saturated heterocycles. The number of rotatable bonds is 2. The maximum absolute atomic E-state index is 13.3. The van der Waals surface area contributed by atoms with Gasteiger partial charge >= 0.3 is 0 Å². The van der Waals surface area contributed by atoms with Gasteiger partial charge in [0.15, 0.2) is 0 Å². The lowest BCUT2D eigenvalue weighted by Gasteiger charge is -2.46. The van der Waals surface area contributed by atoms with Crippen molar-refractivity contribution < 1.29 is 9.53 Å². The van der Waals surface area contributed by atoms with Gasteiger partial charge in [0.1, 0.15) is 5.75 Å². The van der Waals surface area contributed by atoms with E-state index in [1.807, 2.05) is 29.3 Å². The molecule has 1 aromatic carbocycles. The lowest BCUT2D eigenvalue weighted by molar-refractivity contribution is -0.130. The molecule has 1 amide bonds. The summed E-state index contributed by atoms with van der Waals surface area (Å²) in [6, 6.07) is 8.37. The summed E-state index contributed by atoms with van der Waals surface area (Å²) in [5.41, 5.74) is 4.64. The number of benzene rings is 1. The van der Waals surface area contributed by atoms with Crippen LogP contribution in [0.4, 0.5) is 5.69 Å². The lowest BCUT2D eigenvalue weighted by Crippen LogP contribution is -2.62. The summed E-state index contributed by atoms with van der Waals surface area (Å²) in [6.45, 7) is 0. The number of anilines is 1. The van der Waals surface area contributed by atoms with Gasteiger partial charge in [0, 0.05) is 12.0 Å². The molecule has 134 valence electrons. The number of carbonyl (C=O) groups is 1. The fourth-order valence-corrected chi connectivity index (χ4v) is 6.51. The van der Waals surface area contributed by atoms with Crippen molar-refractivity contribution in [3.8, 4) is 5.75 Å². The monoisotopic (exact) mass is 340 g/mol. The first-order valence-corrected chi connectivity index (χ1v) is 10.0. The molecule has 4 nitrogen and oxygen atoms in total. The van der Waals surface area contributed by atoms with E-state index in [-0.39, 0.29) is 11.8 Å². The smallest absolute Gasteiger partial charge is 0.244 e. The Kier molecular flexibility index (Phi) is 3.77. The van der Waals surface area contributed by atoms with Gasteiger partial charge in [0.2, 0.25) is 5.91 Å². The second-order valence-electron chi connectivity index (χ2n) is 8.42. The number of carbonyl (C=O) groups excluding carboxylic acids is 1. The predicted octanol–water partition coefficient (Wildman–Crippen LogP) is 3.77. The molecule has 1 aromatic rings.